The highest BCUT2D eigenvalue weighted by atomic mass is 32.1. The molecule has 3 heterocycles. The van der Waals surface area contributed by atoms with Crippen molar-refractivity contribution < 1.29 is 19.1 Å². The Morgan fingerprint density at radius 2 is 2.45 bits per heavy atom. The molecule has 1 saturated heterocycles. The summed E-state index contributed by atoms with van der Waals surface area (Å²) in [7, 11) is 0. The average Bonchev–Trinajstić information content (AvgIpc) is 3.13. The third-order valence-electron chi connectivity index (χ3n) is 3.23. The molecule has 0 spiro atoms. The van der Waals surface area contributed by atoms with E-state index < -0.39 is 6.09 Å². The molecular formula is C13H14N2O4S. The lowest BCUT2D eigenvalue weighted by Crippen LogP contribution is -2.35. The van der Waals surface area contributed by atoms with Gasteiger partial charge < -0.3 is 14.3 Å². The van der Waals surface area contributed by atoms with Crippen LogP contribution in [0.4, 0.5) is 4.79 Å². The smallest absolute Gasteiger partial charge is 0.410 e. The summed E-state index contributed by atoms with van der Waals surface area (Å²) < 4.78 is 10.6. The van der Waals surface area contributed by atoms with Crippen molar-refractivity contribution in [2.24, 2.45) is 0 Å². The van der Waals surface area contributed by atoms with E-state index in [1.807, 2.05) is 24.4 Å². The highest BCUT2D eigenvalue weighted by Crippen LogP contribution is 2.27. The Bertz CT molecular complexity index is 608. The normalized spacial score (nSPS) is 18.6. The largest absolute Gasteiger partial charge is 0.447 e. The molecule has 0 saturated carbocycles. The van der Waals surface area contributed by atoms with Gasteiger partial charge in [0.2, 0.25) is 5.89 Å². The molecular weight excluding hydrogens is 280 g/mol. The van der Waals surface area contributed by atoms with Crippen molar-refractivity contribution in [2.45, 2.75) is 19.5 Å². The molecule has 1 aliphatic rings. The van der Waals surface area contributed by atoms with E-state index in [1.54, 1.807) is 11.3 Å². The number of cyclic esters (lactones) is 1. The quantitative estimate of drug-likeness (QED) is 0.933. The number of carbonyl (C=O) groups excluding carboxylic acids is 1. The first-order valence-electron chi connectivity index (χ1n) is 6.23. The van der Waals surface area contributed by atoms with Gasteiger partial charge in [0.25, 0.3) is 0 Å². The number of hydrogen-bond donors (Lipinski definition) is 1. The van der Waals surface area contributed by atoms with Crippen molar-refractivity contribution in [1.82, 2.24) is 9.88 Å². The number of oxazole rings is 1. The van der Waals surface area contributed by atoms with E-state index in [1.165, 1.54) is 4.90 Å². The number of carbonyl (C=O) groups is 1. The van der Waals surface area contributed by atoms with E-state index in [9.17, 15) is 9.90 Å². The summed E-state index contributed by atoms with van der Waals surface area (Å²) in [4.78, 5) is 18.5. The molecule has 1 unspecified atom stereocenters. The van der Waals surface area contributed by atoms with Crippen LogP contribution in [0.1, 0.15) is 11.5 Å². The molecule has 3 rings (SSSR count). The minimum absolute atomic E-state index is 0.125. The van der Waals surface area contributed by atoms with Crippen LogP contribution in [0.15, 0.2) is 21.9 Å². The fraction of sp³-hybridized carbons (Fsp3) is 0.385. The molecule has 20 heavy (non-hydrogen) atoms. The minimum Gasteiger partial charge on any atom is -0.447 e. The van der Waals surface area contributed by atoms with Crippen molar-refractivity contribution in [3.05, 3.63) is 29.0 Å². The van der Waals surface area contributed by atoms with E-state index in [0.717, 1.165) is 4.88 Å². The molecule has 0 aromatic carbocycles. The second kappa shape index (κ2) is 5.26. The summed E-state index contributed by atoms with van der Waals surface area (Å²) in [5.74, 6) is 1.23. The van der Waals surface area contributed by atoms with Gasteiger partial charge in [-0.25, -0.2) is 9.78 Å². The molecule has 2 aromatic heterocycles. The topological polar surface area (TPSA) is 75.8 Å². The standard InChI is InChI=1S/C13H14N2O4S/c1-8-10(5-15-9(6-16)7-18-13(15)17)14-12(19-8)11-3-2-4-20-11/h2-4,9,16H,5-7H2,1H3. The summed E-state index contributed by atoms with van der Waals surface area (Å²) in [6, 6.07) is 3.54. The van der Waals surface area contributed by atoms with Crippen molar-refractivity contribution in [3.8, 4) is 10.8 Å². The van der Waals surface area contributed by atoms with Gasteiger partial charge in [0.1, 0.15) is 18.1 Å². The number of aliphatic hydroxyl groups excluding tert-OH is 1. The van der Waals surface area contributed by atoms with Gasteiger partial charge in [-0.05, 0) is 18.4 Å². The first kappa shape index (κ1) is 13.1. The highest BCUT2D eigenvalue weighted by Gasteiger charge is 2.33. The first-order valence-corrected chi connectivity index (χ1v) is 7.11. The van der Waals surface area contributed by atoms with Crippen LogP contribution in [-0.4, -0.2) is 40.3 Å². The van der Waals surface area contributed by atoms with E-state index in [0.29, 0.717) is 17.3 Å². The Morgan fingerprint density at radius 3 is 3.15 bits per heavy atom. The lowest BCUT2D eigenvalue weighted by molar-refractivity contribution is 0.150. The maximum atomic E-state index is 11.6. The van der Waals surface area contributed by atoms with Crippen LogP contribution in [0.3, 0.4) is 0 Å². The van der Waals surface area contributed by atoms with Gasteiger partial charge in [0, 0.05) is 0 Å². The van der Waals surface area contributed by atoms with Crippen LogP contribution < -0.4 is 0 Å². The maximum absolute atomic E-state index is 11.6. The number of nitrogens with zero attached hydrogens (tertiary/aromatic N) is 2. The molecule has 1 fully saturated rings. The number of amides is 1. The van der Waals surface area contributed by atoms with E-state index >= 15 is 0 Å². The zero-order chi connectivity index (χ0) is 14.1. The van der Waals surface area contributed by atoms with Gasteiger partial charge in [0.05, 0.1) is 24.1 Å². The third-order valence-corrected chi connectivity index (χ3v) is 4.09. The minimum atomic E-state index is -0.427. The molecule has 0 radical (unpaired) electrons. The number of aryl methyl sites for hydroxylation is 1. The molecule has 0 aliphatic carbocycles. The van der Waals surface area contributed by atoms with Crippen LogP contribution >= 0.6 is 11.3 Å². The predicted octanol–water partition coefficient (Wildman–Crippen LogP) is 2.02. The molecule has 1 amide bonds. The van der Waals surface area contributed by atoms with Crippen LogP contribution in [0, 0.1) is 6.92 Å². The molecule has 1 atom stereocenters. The van der Waals surface area contributed by atoms with Gasteiger partial charge in [-0.3, -0.25) is 4.90 Å². The number of aliphatic hydroxyl groups is 1. The van der Waals surface area contributed by atoms with Gasteiger partial charge >= 0.3 is 6.09 Å². The molecule has 7 heteroatoms. The summed E-state index contributed by atoms with van der Waals surface area (Å²) in [5, 5.41) is 11.2. The van der Waals surface area contributed by atoms with Gasteiger partial charge in [-0.1, -0.05) is 6.07 Å². The van der Waals surface area contributed by atoms with Crippen LogP contribution in [0.2, 0.25) is 0 Å². The number of hydrogen-bond acceptors (Lipinski definition) is 6. The van der Waals surface area contributed by atoms with Gasteiger partial charge in [-0.2, -0.15) is 0 Å². The second-order valence-electron chi connectivity index (χ2n) is 4.54. The monoisotopic (exact) mass is 294 g/mol. The molecule has 6 nitrogen and oxygen atoms in total. The van der Waals surface area contributed by atoms with E-state index in [4.69, 9.17) is 9.15 Å². The summed E-state index contributed by atoms with van der Waals surface area (Å²) in [6.45, 7) is 2.18. The van der Waals surface area contributed by atoms with Crippen LogP contribution in [-0.2, 0) is 11.3 Å². The van der Waals surface area contributed by atoms with Crippen molar-refractivity contribution in [2.75, 3.05) is 13.2 Å². The zero-order valence-corrected chi connectivity index (χ0v) is 11.7. The highest BCUT2D eigenvalue weighted by molar-refractivity contribution is 7.13. The Morgan fingerprint density at radius 1 is 1.60 bits per heavy atom. The van der Waals surface area contributed by atoms with Crippen molar-refractivity contribution in [3.63, 3.8) is 0 Å². The molecule has 106 valence electrons. The number of thiophene rings is 1. The third kappa shape index (κ3) is 2.30. The number of rotatable bonds is 4. The Hall–Kier alpha value is -1.86. The van der Waals surface area contributed by atoms with Crippen molar-refractivity contribution >= 4 is 17.4 Å². The fourth-order valence-electron chi connectivity index (χ4n) is 2.08. The number of aromatic nitrogens is 1. The van der Waals surface area contributed by atoms with Crippen LogP contribution in [0.25, 0.3) is 10.8 Å². The number of ether oxygens (including phenoxy) is 1. The Balaban J connectivity index is 1.82. The first-order chi connectivity index (χ1) is 9.69. The maximum Gasteiger partial charge on any atom is 0.410 e. The molecule has 1 aliphatic heterocycles. The summed E-state index contributed by atoms with van der Waals surface area (Å²) >= 11 is 1.54. The molecule has 0 bridgehead atoms. The summed E-state index contributed by atoms with van der Waals surface area (Å²) in [5.41, 5.74) is 0.686. The van der Waals surface area contributed by atoms with E-state index in [2.05, 4.69) is 4.98 Å². The molecule has 1 N–H and O–H groups in total. The average molecular weight is 294 g/mol. The zero-order valence-electron chi connectivity index (χ0n) is 10.9. The predicted molar refractivity (Wildman–Crippen MR) is 72.3 cm³/mol. The van der Waals surface area contributed by atoms with E-state index in [-0.39, 0.29) is 25.8 Å². The lowest BCUT2D eigenvalue weighted by atomic mass is 10.2. The van der Waals surface area contributed by atoms with Gasteiger partial charge in [0.15, 0.2) is 0 Å². The Kier molecular flexibility index (Phi) is 3.45. The SMILES string of the molecule is Cc1oc(-c2cccs2)nc1CN1C(=O)OCC1CO. The second-order valence-corrected chi connectivity index (χ2v) is 5.49. The fourth-order valence-corrected chi connectivity index (χ4v) is 2.73. The van der Waals surface area contributed by atoms with Crippen molar-refractivity contribution in [1.29, 1.82) is 0 Å². The molecule has 2 aromatic rings. The summed E-state index contributed by atoms with van der Waals surface area (Å²) in [6.07, 6.45) is -0.427. The lowest BCUT2D eigenvalue weighted by Gasteiger charge is -2.18. The van der Waals surface area contributed by atoms with Gasteiger partial charge in [-0.15, -0.1) is 11.3 Å². The Labute approximate surface area is 119 Å². The van der Waals surface area contributed by atoms with Crippen LogP contribution in [0.5, 0.6) is 0 Å².